The molecule has 11 heteroatoms. The molecule has 1 atom stereocenters. The van der Waals surface area contributed by atoms with Crippen LogP contribution >= 0.6 is 0 Å². The summed E-state index contributed by atoms with van der Waals surface area (Å²) in [4.78, 5) is 35.8. The summed E-state index contributed by atoms with van der Waals surface area (Å²) >= 11 is 0. The fraction of sp³-hybridized carbons (Fsp3) is 0.550. The molecule has 11 nitrogen and oxygen atoms in total. The number of anilines is 1. The topological polar surface area (TPSA) is 129 Å². The summed E-state index contributed by atoms with van der Waals surface area (Å²) in [6, 6.07) is 1.69. The molecule has 1 fully saturated rings. The molecule has 0 saturated carbocycles. The molecule has 0 aliphatic carbocycles. The number of aromatic nitrogens is 4. The van der Waals surface area contributed by atoms with Crippen molar-refractivity contribution in [2.45, 2.75) is 32.0 Å². The van der Waals surface area contributed by atoms with Gasteiger partial charge >= 0.3 is 0 Å². The predicted molar refractivity (Wildman–Crippen MR) is 112 cm³/mol. The summed E-state index contributed by atoms with van der Waals surface area (Å²) in [7, 11) is 1.91. The number of rotatable bonds is 7. The van der Waals surface area contributed by atoms with Crippen LogP contribution in [0.3, 0.4) is 0 Å². The van der Waals surface area contributed by atoms with Crippen molar-refractivity contribution in [1.82, 2.24) is 34.9 Å². The molecule has 2 aromatic heterocycles. The van der Waals surface area contributed by atoms with E-state index in [-0.39, 0.29) is 30.1 Å². The van der Waals surface area contributed by atoms with E-state index in [0.29, 0.717) is 25.5 Å². The molecule has 2 aromatic rings. The molecule has 2 aliphatic rings. The lowest BCUT2D eigenvalue weighted by Gasteiger charge is -2.39. The summed E-state index contributed by atoms with van der Waals surface area (Å²) in [5, 5.41) is 20.8. The summed E-state index contributed by atoms with van der Waals surface area (Å²) in [6.07, 6.45) is 3.51. The average Bonchev–Trinajstić information content (AvgIpc) is 3.07. The second kappa shape index (κ2) is 8.98. The van der Waals surface area contributed by atoms with Crippen LogP contribution in [0.1, 0.15) is 28.7 Å². The number of aryl methyl sites for hydroxylation is 1. The highest BCUT2D eigenvalue weighted by molar-refractivity contribution is 5.92. The van der Waals surface area contributed by atoms with Gasteiger partial charge in [-0.1, -0.05) is 0 Å². The lowest BCUT2D eigenvalue weighted by Crippen LogP contribution is -2.56. The standard InChI is InChI=1S/C20H28N8O3/c1-13(29)28-9-15(10-28)24-19-5-18(22-12-23-19)20(31)21-6-16(30)11-27-4-3-17-14(8-27)7-26(2)25-17/h5,7,12,15-16,30H,3-4,6,8-11H2,1-2H3,(H,21,31)(H,22,23,24)/t16-/m0/s1. The number of hydrogen-bond donors (Lipinski definition) is 3. The molecule has 2 aliphatic heterocycles. The van der Waals surface area contributed by atoms with E-state index in [0.717, 1.165) is 25.2 Å². The van der Waals surface area contributed by atoms with Gasteiger partial charge in [-0.05, 0) is 0 Å². The van der Waals surface area contributed by atoms with Gasteiger partial charge in [-0.2, -0.15) is 5.10 Å². The maximum absolute atomic E-state index is 12.5. The monoisotopic (exact) mass is 428 g/mol. The first kappa shape index (κ1) is 21.2. The number of fused-ring (bicyclic) bond motifs is 1. The minimum atomic E-state index is -0.686. The Bertz CT molecular complexity index is 956. The number of aliphatic hydroxyl groups is 1. The van der Waals surface area contributed by atoms with Crippen LogP contribution in [0.2, 0.25) is 0 Å². The van der Waals surface area contributed by atoms with E-state index < -0.39 is 6.10 Å². The molecule has 1 saturated heterocycles. The van der Waals surface area contributed by atoms with E-state index in [1.807, 2.05) is 17.9 Å². The second-order valence-corrected chi connectivity index (χ2v) is 8.18. The number of nitrogens with zero attached hydrogens (tertiary/aromatic N) is 6. The van der Waals surface area contributed by atoms with Crippen molar-refractivity contribution in [1.29, 1.82) is 0 Å². The summed E-state index contributed by atoms with van der Waals surface area (Å²) < 4.78 is 1.82. The molecule has 166 valence electrons. The van der Waals surface area contributed by atoms with Gasteiger partial charge in [0.2, 0.25) is 5.91 Å². The van der Waals surface area contributed by atoms with Crippen molar-refractivity contribution < 1.29 is 14.7 Å². The molecule has 0 unspecified atom stereocenters. The van der Waals surface area contributed by atoms with Crippen molar-refractivity contribution in [3.05, 3.63) is 35.5 Å². The number of aliphatic hydroxyl groups excluding tert-OH is 1. The molecule has 3 N–H and O–H groups in total. The number of carbonyl (C=O) groups is 2. The molecule has 0 aromatic carbocycles. The number of carbonyl (C=O) groups excluding carboxylic acids is 2. The van der Waals surface area contributed by atoms with Crippen LogP contribution in [0.15, 0.2) is 18.6 Å². The minimum absolute atomic E-state index is 0.0461. The number of nitrogens with one attached hydrogen (secondary N) is 2. The van der Waals surface area contributed by atoms with Gasteiger partial charge in [0.05, 0.1) is 17.8 Å². The molecule has 2 amide bonds. The zero-order valence-electron chi connectivity index (χ0n) is 17.8. The Balaban J connectivity index is 1.23. The van der Waals surface area contributed by atoms with Crippen LogP contribution in [0.5, 0.6) is 0 Å². The van der Waals surface area contributed by atoms with Crippen molar-refractivity contribution in [3.8, 4) is 0 Å². The third-order valence-corrected chi connectivity index (χ3v) is 5.60. The summed E-state index contributed by atoms with van der Waals surface area (Å²) in [5.41, 5.74) is 2.53. The number of hydrogen-bond acceptors (Lipinski definition) is 8. The van der Waals surface area contributed by atoms with Gasteiger partial charge in [-0.15, -0.1) is 0 Å². The largest absolute Gasteiger partial charge is 0.390 e. The lowest BCUT2D eigenvalue weighted by molar-refractivity contribution is -0.132. The smallest absolute Gasteiger partial charge is 0.270 e. The maximum atomic E-state index is 12.5. The third-order valence-electron chi connectivity index (χ3n) is 5.60. The molecule has 4 rings (SSSR count). The SMILES string of the molecule is CC(=O)N1CC(Nc2cc(C(=O)NC[C@H](O)CN3CCc4nn(C)cc4C3)ncn2)C1. The Morgan fingerprint density at radius 2 is 2.13 bits per heavy atom. The first-order valence-corrected chi connectivity index (χ1v) is 10.4. The maximum Gasteiger partial charge on any atom is 0.270 e. The Morgan fingerprint density at radius 3 is 2.90 bits per heavy atom. The van der Waals surface area contributed by atoms with Crippen LogP contribution in [-0.2, 0) is 24.8 Å². The van der Waals surface area contributed by atoms with Crippen molar-refractivity contribution in [2.24, 2.45) is 7.05 Å². The van der Waals surface area contributed by atoms with Crippen molar-refractivity contribution in [3.63, 3.8) is 0 Å². The number of β-amino-alcohol motifs (C(OH)–C–C–N with tert-alkyl or cyclic N) is 1. The molecule has 4 heterocycles. The average molecular weight is 428 g/mol. The van der Waals surface area contributed by atoms with Crippen LogP contribution in [0, 0.1) is 0 Å². The van der Waals surface area contributed by atoms with Crippen LogP contribution in [-0.4, -0.2) is 91.3 Å². The van der Waals surface area contributed by atoms with Crippen LogP contribution in [0.25, 0.3) is 0 Å². The second-order valence-electron chi connectivity index (χ2n) is 8.18. The van der Waals surface area contributed by atoms with E-state index in [1.165, 1.54) is 11.9 Å². The van der Waals surface area contributed by atoms with Gasteiger partial charge in [0.1, 0.15) is 17.8 Å². The highest BCUT2D eigenvalue weighted by Crippen LogP contribution is 2.17. The minimum Gasteiger partial charge on any atom is -0.390 e. The van der Waals surface area contributed by atoms with Gasteiger partial charge in [0, 0.05) is 77.5 Å². The first-order valence-electron chi connectivity index (χ1n) is 10.4. The Hall–Kier alpha value is -3.05. The van der Waals surface area contributed by atoms with Gasteiger partial charge < -0.3 is 20.6 Å². The van der Waals surface area contributed by atoms with Crippen molar-refractivity contribution >= 4 is 17.6 Å². The number of amides is 2. The zero-order chi connectivity index (χ0) is 22.0. The Labute approximate surface area is 180 Å². The summed E-state index contributed by atoms with van der Waals surface area (Å²) in [5.74, 6) is 0.218. The normalized spacial score (nSPS) is 17.6. The van der Waals surface area contributed by atoms with Gasteiger partial charge in [-0.3, -0.25) is 19.2 Å². The molecule has 0 bridgehead atoms. The van der Waals surface area contributed by atoms with E-state index in [1.54, 1.807) is 17.9 Å². The number of likely N-dealkylation sites (tertiary alicyclic amines) is 1. The summed E-state index contributed by atoms with van der Waals surface area (Å²) in [6.45, 7) is 4.96. The lowest BCUT2D eigenvalue weighted by atomic mass is 10.1. The molecular formula is C20H28N8O3. The van der Waals surface area contributed by atoms with E-state index in [4.69, 9.17) is 0 Å². The predicted octanol–water partition coefficient (Wildman–Crippen LogP) is -0.998. The van der Waals surface area contributed by atoms with E-state index in [9.17, 15) is 14.7 Å². The molecule has 0 spiro atoms. The first-order chi connectivity index (χ1) is 14.9. The van der Waals surface area contributed by atoms with Crippen molar-refractivity contribution in [2.75, 3.05) is 38.0 Å². The van der Waals surface area contributed by atoms with Gasteiger partial charge in [0.25, 0.3) is 5.91 Å². The Morgan fingerprint density at radius 1 is 1.32 bits per heavy atom. The molecule has 0 radical (unpaired) electrons. The highest BCUT2D eigenvalue weighted by Gasteiger charge is 2.28. The van der Waals surface area contributed by atoms with Gasteiger partial charge in [0.15, 0.2) is 0 Å². The fourth-order valence-electron chi connectivity index (χ4n) is 3.93. The third kappa shape index (κ3) is 5.17. The quantitative estimate of drug-likeness (QED) is 0.512. The van der Waals surface area contributed by atoms with Crippen LogP contribution < -0.4 is 10.6 Å². The van der Waals surface area contributed by atoms with E-state index in [2.05, 4.69) is 30.6 Å². The highest BCUT2D eigenvalue weighted by atomic mass is 16.3. The molecule has 31 heavy (non-hydrogen) atoms. The molecular weight excluding hydrogens is 400 g/mol. The Kier molecular flexibility index (Phi) is 6.14. The van der Waals surface area contributed by atoms with E-state index >= 15 is 0 Å². The van der Waals surface area contributed by atoms with Crippen LogP contribution in [0.4, 0.5) is 5.82 Å². The zero-order valence-corrected chi connectivity index (χ0v) is 17.8. The van der Waals surface area contributed by atoms with Gasteiger partial charge in [-0.25, -0.2) is 9.97 Å². The fourth-order valence-corrected chi connectivity index (χ4v) is 3.93.